The van der Waals surface area contributed by atoms with Gasteiger partial charge in [0.05, 0.1) is 18.2 Å². The Morgan fingerprint density at radius 3 is 2.93 bits per heavy atom. The van der Waals surface area contributed by atoms with Crippen LogP contribution in [0.4, 0.5) is 0 Å². The normalized spacial score (nSPS) is 9.79. The second-order valence-corrected chi connectivity index (χ2v) is 3.40. The molecule has 0 aromatic carbocycles. The fourth-order valence-corrected chi connectivity index (χ4v) is 1.28. The van der Waals surface area contributed by atoms with Gasteiger partial charge in [0.1, 0.15) is 5.15 Å². The molecule has 0 unspecified atom stereocenters. The monoisotopic (exact) mass is 229 g/mol. The summed E-state index contributed by atoms with van der Waals surface area (Å²) in [6.45, 7) is 0.931. The molecule has 14 heavy (non-hydrogen) atoms. The molecule has 1 rings (SSSR count). The Bertz CT molecular complexity index is 346. The zero-order valence-corrected chi connectivity index (χ0v) is 8.98. The van der Waals surface area contributed by atoms with Crippen molar-refractivity contribution in [2.45, 2.75) is 13.0 Å². The highest BCUT2D eigenvalue weighted by atomic mass is 35.5. The molecule has 0 saturated heterocycles. The largest absolute Gasteiger partial charge is 0.376 e. The predicted octanol–water partition coefficient (Wildman–Crippen LogP) is 2.93. The van der Waals surface area contributed by atoms with Crippen molar-refractivity contribution >= 4 is 23.2 Å². The lowest BCUT2D eigenvalue weighted by Gasteiger charge is -2.04. The molecule has 0 aliphatic carbocycles. The average Bonchev–Trinajstić information content (AvgIpc) is 2.15. The molecule has 74 valence electrons. The Hall–Kier alpha value is -0.750. The topological polar surface area (TPSA) is 22.1 Å². The average molecular weight is 230 g/mol. The van der Waals surface area contributed by atoms with Crippen LogP contribution in [0.3, 0.4) is 0 Å². The lowest BCUT2D eigenvalue weighted by molar-refractivity contribution is 0.126. The van der Waals surface area contributed by atoms with Crippen molar-refractivity contribution in [1.29, 1.82) is 0 Å². The van der Waals surface area contributed by atoms with Crippen molar-refractivity contribution in [3.63, 3.8) is 0 Å². The lowest BCUT2D eigenvalue weighted by Crippen LogP contribution is -1.96. The minimum Gasteiger partial charge on any atom is -0.376 e. The highest BCUT2D eigenvalue weighted by Crippen LogP contribution is 2.19. The van der Waals surface area contributed by atoms with Crippen molar-refractivity contribution in [3.05, 3.63) is 28.0 Å². The second-order valence-electron chi connectivity index (χ2n) is 2.61. The molecule has 4 heteroatoms. The van der Waals surface area contributed by atoms with E-state index in [0.29, 0.717) is 29.8 Å². The first kappa shape index (κ1) is 11.3. The smallest absolute Gasteiger partial charge is 0.130 e. The number of hydrogen-bond donors (Lipinski definition) is 0. The Morgan fingerprint density at radius 2 is 2.29 bits per heavy atom. The van der Waals surface area contributed by atoms with Crippen LogP contribution in [0.15, 0.2) is 12.3 Å². The summed E-state index contributed by atoms with van der Waals surface area (Å²) < 4.78 is 5.27. The lowest BCUT2D eigenvalue weighted by atomic mass is 10.3. The van der Waals surface area contributed by atoms with Crippen LogP contribution >= 0.6 is 23.2 Å². The van der Waals surface area contributed by atoms with Crippen molar-refractivity contribution in [2.75, 3.05) is 6.61 Å². The minimum atomic E-state index is 0.377. The summed E-state index contributed by atoms with van der Waals surface area (Å²) in [5.41, 5.74) is 0.813. The third kappa shape index (κ3) is 3.55. The molecule has 0 N–H and O–H groups in total. The fourth-order valence-electron chi connectivity index (χ4n) is 0.855. The second kappa shape index (κ2) is 5.87. The number of aromatic nitrogens is 1. The van der Waals surface area contributed by atoms with Gasteiger partial charge in [-0.15, -0.1) is 12.3 Å². The molecule has 0 saturated carbocycles. The third-order valence-electron chi connectivity index (χ3n) is 1.54. The van der Waals surface area contributed by atoms with Crippen molar-refractivity contribution in [2.24, 2.45) is 0 Å². The van der Waals surface area contributed by atoms with Crippen molar-refractivity contribution in [1.82, 2.24) is 4.98 Å². The zero-order valence-electron chi connectivity index (χ0n) is 7.46. The van der Waals surface area contributed by atoms with Crippen LogP contribution in [-0.4, -0.2) is 11.6 Å². The molecule has 1 aromatic rings. The summed E-state index contributed by atoms with van der Waals surface area (Å²) in [4.78, 5) is 3.90. The number of halogens is 2. The van der Waals surface area contributed by atoms with Crippen LogP contribution in [0.2, 0.25) is 10.2 Å². The molecule has 0 amide bonds. The Balaban J connectivity index is 2.47. The Labute approximate surface area is 93.2 Å². The first-order valence-electron chi connectivity index (χ1n) is 4.05. The van der Waals surface area contributed by atoms with Crippen LogP contribution in [0.5, 0.6) is 0 Å². The Kier molecular flexibility index (Phi) is 4.75. The zero-order chi connectivity index (χ0) is 10.4. The summed E-state index contributed by atoms with van der Waals surface area (Å²) in [5.74, 6) is 2.48. The van der Waals surface area contributed by atoms with Crippen LogP contribution in [-0.2, 0) is 11.3 Å². The van der Waals surface area contributed by atoms with E-state index >= 15 is 0 Å². The molecule has 1 heterocycles. The van der Waals surface area contributed by atoms with Crippen LogP contribution in [0.1, 0.15) is 12.0 Å². The molecule has 0 bridgehead atoms. The summed E-state index contributed by atoms with van der Waals surface area (Å²) in [6.07, 6.45) is 7.27. The van der Waals surface area contributed by atoms with E-state index < -0.39 is 0 Å². The van der Waals surface area contributed by atoms with Gasteiger partial charge >= 0.3 is 0 Å². The summed E-state index contributed by atoms with van der Waals surface area (Å²) in [7, 11) is 0. The van der Waals surface area contributed by atoms with Gasteiger partial charge < -0.3 is 4.74 Å². The SMILES string of the molecule is C#CCCOCc1cnc(Cl)cc1Cl. The number of hydrogen-bond acceptors (Lipinski definition) is 2. The summed E-state index contributed by atoms with van der Waals surface area (Å²) >= 11 is 11.5. The van der Waals surface area contributed by atoms with Crippen LogP contribution in [0, 0.1) is 12.3 Å². The molecule has 0 aliphatic heterocycles. The molecule has 0 aliphatic rings. The van der Waals surface area contributed by atoms with Gasteiger partial charge in [0.2, 0.25) is 0 Å². The molecular formula is C10H9Cl2NO. The van der Waals surface area contributed by atoms with Gasteiger partial charge in [0.15, 0.2) is 0 Å². The molecule has 2 nitrogen and oxygen atoms in total. The van der Waals surface area contributed by atoms with E-state index in [0.717, 1.165) is 5.56 Å². The maximum Gasteiger partial charge on any atom is 0.130 e. The number of terminal acetylenes is 1. The minimum absolute atomic E-state index is 0.377. The molecule has 0 fully saturated rings. The van der Waals surface area contributed by atoms with E-state index in [9.17, 15) is 0 Å². The van der Waals surface area contributed by atoms with E-state index in [-0.39, 0.29) is 0 Å². The van der Waals surface area contributed by atoms with Gasteiger partial charge in [-0.25, -0.2) is 4.98 Å². The van der Waals surface area contributed by atoms with Crippen LogP contribution < -0.4 is 0 Å². The number of nitrogens with zero attached hydrogens (tertiary/aromatic N) is 1. The number of ether oxygens (including phenoxy) is 1. The van der Waals surface area contributed by atoms with Gasteiger partial charge in [-0.05, 0) is 6.07 Å². The maximum absolute atomic E-state index is 5.90. The van der Waals surface area contributed by atoms with E-state index in [1.807, 2.05) is 0 Å². The highest BCUT2D eigenvalue weighted by Gasteiger charge is 2.01. The molecule has 1 aromatic heterocycles. The molecule has 0 radical (unpaired) electrons. The fraction of sp³-hybridized carbons (Fsp3) is 0.300. The van der Waals surface area contributed by atoms with E-state index in [1.165, 1.54) is 0 Å². The van der Waals surface area contributed by atoms with Gasteiger partial charge in [0.25, 0.3) is 0 Å². The quantitative estimate of drug-likeness (QED) is 0.450. The predicted molar refractivity (Wildman–Crippen MR) is 57.4 cm³/mol. The van der Waals surface area contributed by atoms with Crippen molar-refractivity contribution < 1.29 is 4.74 Å². The third-order valence-corrected chi connectivity index (χ3v) is 2.10. The van der Waals surface area contributed by atoms with Crippen molar-refractivity contribution in [3.8, 4) is 12.3 Å². The molecule has 0 atom stereocenters. The summed E-state index contributed by atoms with van der Waals surface area (Å²) in [5, 5.41) is 0.938. The first-order valence-corrected chi connectivity index (χ1v) is 4.80. The van der Waals surface area contributed by atoms with Gasteiger partial charge in [0, 0.05) is 18.2 Å². The number of pyridine rings is 1. The van der Waals surface area contributed by atoms with Gasteiger partial charge in [-0.2, -0.15) is 0 Å². The van der Waals surface area contributed by atoms with E-state index in [1.54, 1.807) is 12.3 Å². The maximum atomic E-state index is 5.90. The molecule has 0 spiro atoms. The van der Waals surface area contributed by atoms with Gasteiger partial charge in [-0.3, -0.25) is 0 Å². The van der Waals surface area contributed by atoms with E-state index in [4.69, 9.17) is 34.4 Å². The molecular weight excluding hydrogens is 221 g/mol. The van der Waals surface area contributed by atoms with Gasteiger partial charge in [-0.1, -0.05) is 23.2 Å². The number of rotatable bonds is 4. The highest BCUT2D eigenvalue weighted by molar-refractivity contribution is 6.34. The standard InChI is InChI=1S/C10H9Cl2NO/c1-2-3-4-14-7-8-6-13-10(12)5-9(8)11/h1,5-6H,3-4,7H2. The first-order chi connectivity index (χ1) is 6.74. The Morgan fingerprint density at radius 1 is 1.50 bits per heavy atom. The van der Waals surface area contributed by atoms with Crippen LogP contribution in [0.25, 0.3) is 0 Å². The summed E-state index contributed by atoms with van der Waals surface area (Å²) in [6, 6.07) is 1.59. The van der Waals surface area contributed by atoms with E-state index in [2.05, 4.69) is 10.9 Å².